The fraction of sp³-hybridized carbons (Fsp3) is 0.389. The molecule has 1 fully saturated rings. The lowest BCUT2D eigenvalue weighted by molar-refractivity contribution is 0.0705. The highest BCUT2D eigenvalue weighted by Gasteiger charge is 2.27. The first-order valence-corrected chi connectivity index (χ1v) is 8.99. The molecule has 4 rings (SSSR count). The van der Waals surface area contributed by atoms with Crippen LogP contribution in [0.25, 0.3) is 5.82 Å². The predicted molar refractivity (Wildman–Crippen MR) is 96.3 cm³/mol. The molecule has 27 heavy (non-hydrogen) atoms. The number of amides is 1. The Hall–Kier alpha value is -3.07. The minimum atomic E-state index is -0.0164. The Labute approximate surface area is 156 Å². The van der Waals surface area contributed by atoms with Gasteiger partial charge in [0.2, 0.25) is 0 Å². The fourth-order valence-electron chi connectivity index (χ4n) is 3.39. The van der Waals surface area contributed by atoms with Crippen molar-refractivity contribution in [3.05, 3.63) is 54.5 Å². The van der Waals surface area contributed by atoms with Crippen LogP contribution in [0, 0.1) is 0 Å². The zero-order valence-electron chi connectivity index (χ0n) is 14.8. The van der Waals surface area contributed by atoms with Crippen molar-refractivity contribution < 1.29 is 9.90 Å². The third-order valence-electron chi connectivity index (χ3n) is 4.80. The maximum absolute atomic E-state index is 12.9. The van der Waals surface area contributed by atoms with Crippen molar-refractivity contribution in [1.29, 1.82) is 0 Å². The van der Waals surface area contributed by atoms with E-state index in [4.69, 9.17) is 5.11 Å². The first-order valence-electron chi connectivity index (χ1n) is 8.99. The van der Waals surface area contributed by atoms with Crippen LogP contribution in [0.1, 0.15) is 34.8 Å². The van der Waals surface area contributed by atoms with Gasteiger partial charge in [-0.25, -0.2) is 4.98 Å². The average molecular weight is 367 g/mol. The molecule has 0 aromatic carbocycles. The number of nitrogens with zero attached hydrogens (tertiary/aromatic N) is 7. The van der Waals surface area contributed by atoms with E-state index in [2.05, 4.69) is 20.3 Å². The van der Waals surface area contributed by atoms with Crippen molar-refractivity contribution in [2.45, 2.75) is 25.3 Å². The fourth-order valence-corrected chi connectivity index (χ4v) is 3.39. The van der Waals surface area contributed by atoms with Crippen LogP contribution >= 0.6 is 0 Å². The minimum absolute atomic E-state index is 0.0164. The Kier molecular flexibility index (Phi) is 4.93. The molecule has 1 N–H and O–H groups in total. The van der Waals surface area contributed by atoms with Crippen LogP contribution in [0.4, 0.5) is 0 Å². The van der Waals surface area contributed by atoms with E-state index in [0.29, 0.717) is 24.5 Å². The van der Waals surface area contributed by atoms with Crippen molar-refractivity contribution in [2.75, 3.05) is 19.7 Å². The van der Waals surface area contributed by atoms with Gasteiger partial charge < -0.3 is 10.0 Å². The molecule has 1 atom stereocenters. The van der Waals surface area contributed by atoms with Gasteiger partial charge in [0.25, 0.3) is 5.91 Å². The van der Waals surface area contributed by atoms with E-state index in [9.17, 15) is 4.79 Å². The molecule has 0 saturated carbocycles. The standard InChI is InChI=1S/C18H21N7O2/c26-9-8-25-7-5-16(22-25)15-2-1-6-23(11-15)18(27)14-3-4-17(19-10-14)24-12-20-21-13-24/h3-5,7,10,12-13,15,26H,1-2,6,8-9,11H2/t15-/m1/s1. The zero-order chi connectivity index (χ0) is 18.6. The summed E-state index contributed by atoms with van der Waals surface area (Å²) in [5.41, 5.74) is 1.54. The molecular formula is C18H21N7O2. The molecule has 1 amide bonds. The smallest absolute Gasteiger partial charge is 0.255 e. The summed E-state index contributed by atoms with van der Waals surface area (Å²) in [6.45, 7) is 1.93. The molecular weight excluding hydrogens is 346 g/mol. The van der Waals surface area contributed by atoms with Crippen molar-refractivity contribution in [1.82, 2.24) is 34.4 Å². The topological polar surface area (TPSA) is 102 Å². The molecule has 9 nitrogen and oxygen atoms in total. The SMILES string of the molecule is O=C(c1ccc(-n2cnnc2)nc1)N1CCC[C@@H](c2ccn(CCO)n2)C1. The van der Waals surface area contributed by atoms with E-state index in [1.54, 1.807) is 40.2 Å². The summed E-state index contributed by atoms with van der Waals surface area (Å²) >= 11 is 0. The summed E-state index contributed by atoms with van der Waals surface area (Å²) in [6, 6.07) is 5.54. The molecule has 1 aliphatic heterocycles. The van der Waals surface area contributed by atoms with E-state index >= 15 is 0 Å². The zero-order valence-corrected chi connectivity index (χ0v) is 14.8. The number of pyridine rings is 1. The van der Waals surface area contributed by atoms with Crippen LogP contribution in [0.3, 0.4) is 0 Å². The summed E-state index contributed by atoms with van der Waals surface area (Å²) in [5.74, 6) is 0.867. The summed E-state index contributed by atoms with van der Waals surface area (Å²) in [5, 5.41) is 21.1. The third kappa shape index (κ3) is 3.72. The molecule has 9 heteroatoms. The number of hydrogen-bond donors (Lipinski definition) is 1. The van der Waals surface area contributed by atoms with E-state index in [1.807, 2.05) is 17.2 Å². The average Bonchev–Trinajstić information content (AvgIpc) is 3.40. The Morgan fingerprint density at radius 2 is 2.07 bits per heavy atom. The maximum atomic E-state index is 12.9. The van der Waals surface area contributed by atoms with Gasteiger partial charge in [-0.05, 0) is 31.0 Å². The monoisotopic (exact) mass is 367 g/mol. The van der Waals surface area contributed by atoms with Crippen molar-refractivity contribution in [3.63, 3.8) is 0 Å². The summed E-state index contributed by atoms with van der Waals surface area (Å²) in [7, 11) is 0. The molecule has 1 saturated heterocycles. The molecule has 3 aromatic heterocycles. The van der Waals surface area contributed by atoms with E-state index in [-0.39, 0.29) is 18.4 Å². The lowest BCUT2D eigenvalue weighted by Crippen LogP contribution is -2.39. The van der Waals surface area contributed by atoms with E-state index in [0.717, 1.165) is 25.1 Å². The molecule has 140 valence electrons. The summed E-state index contributed by atoms with van der Waals surface area (Å²) < 4.78 is 3.43. The minimum Gasteiger partial charge on any atom is -0.394 e. The lowest BCUT2D eigenvalue weighted by atomic mass is 9.94. The van der Waals surface area contributed by atoms with E-state index in [1.165, 1.54) is 0 Å². The third-order valence-corrected chi connectivity index (χ3v) is 4.80. The van der Waals surface area contributed by atoms with Gasteiger partial charge in [-0.2, -0.15) is 5.10 Å². The second-order valence-electron chi connectivity index (χ2n) is 6.59. The van der Waals surface area contributed by atoms with Gasteiger partial charge in [0.05, 0.1) is 24.4 Å². The van der Waals surface area contributed by atoms with Crippen molar-refractivity contribution >= 4 is 5.91 Å². The molecule has 4 heterocycles. The Bertz CT molecular complexity index is 889. The molecule has 0 aliphatic carbocycles. The molecule has 1 aliphatic rings. The van der Waals surface area contributed by atoms with Crippen LogP contribution < -0.4 is 0 Å². The normalized spacial score (nSPS) is 17.2. The molecule has 0 spiro atoms. The first kappa shape index (κ1) is 17.3. The quantitative estimate of drug-likeness (QED) is 0.718. The highest BCUT2D eigenvalue weighted by Crippen LogP contribution is 2.26. The Morgan fingerprint density at radius 1 is 1.22 bits per heavy atom. The lowest BCUT2D eigenvalue weighted by Gasteiger charge is -2.32. The summed E-state index contributed by atoms with van der Waals surface area (Å²) in [6.07, 6.45) is 8.54. The maximum Gasteiger partial charge on any atom is 0.255 e. The Balaban J connectivity index is 1.45. The van der Waals surface area contributed by atoms with Crippen LogP contribution in [0.2, 0.25) is 0 Å². The van der Waals surface area contributed by atoms with Crippen LogP contribution in [0.15, 0.2) is 43.2 Å². The molecule has 0 bridgehead atoms. The van der Waals surface area contributed by atoms with Gasteiger partial charge >= 0.3 is 0 Å². The van der Waals surface area contributed by atoms with Crippen LogP contribution in [-0.4, -0.2) is 65.1 Å². The van der Waals surface area contributed by atoms with E-state index < -0.39 is 0 Å². The number of aromatic nitrogens is 6. The second kappa shape index (κ2) is 7.67. The number of hydrogen-bond acceptors (Lipinski definition) is 6. The Morgan fingerprint density at radius 3 is 2.81 bits per heavy atom. The van der Waals surface area contributed by atoms with Crippen molar-refractivity contribution in [2.24, 2.45) is 0 Å². The second-order valence-corrected chi connectivity index (χ2v) is 6.59. The van der Waals surface area contributed by atoms with Gasteiger partial charge in [0.1, 0.15) is 18.5 Å². The van der Waals surface area contributed by atoms with Gasteiger partial charge in [-0.3, -0.25) is 14.0 Å². The predicted octanol–water partition coefficient (Wildman–Crippen LogP) is 0.871. The molecule has 0 radical (unpaired) electrons. The highest BCUT2D eigenvalue weighted by atomic mass is 16.3. The van der Waals surface area contributed by atoms with Crippen LogP contribution in [0.5, 0.6) is 0 Å². The van der Waals surface area contributed by atoms with Crippen molar-refractivity contribution in [3.8, 4) is 5.82 Å². The number of piperidine rings is 1. The number of carbonyl (C=O) groups is 1. The number of carbonyl (C=O) groups excluding carboxylic acids is 1. The highest BCUT2D eigenvalue weighted by molar-refractivity contribution is 5.94. The summed E-state index contributed by atoms with van der Waals surface area (Å²) in [4.78, 5) is 19.1. The largest absolute Gasteiger partial charge is 0.394 e. The molecule has 0 unspecified atom stereocenters. The number of aliphatic hydroxyl groups is 1. The van der Waals surface area contributed by atoms with Gasteiger partial charge in [-0.1, -0.05) is 0 Å². The van der Waals surface area contributed by atoms with Gasteiger partial charge in [0.15, 0.2) is 0 Å². The van der Waals surface area contributed by atoms with Crippen LogP contribution in [-0.2, 0) is 6.54 Å². The number of rotatable bonds is 5. The number of likely N-dealkylation sites (tertiary alicyclic amines) is 1. The first-order chi connectivity index (χ1) is 13.2. The van der Waals surface area contributed by atoms with Gasteiger partial charge in [0, 0.05) is 31.4 Å². The van der Waals surface area contributed by atoms with Gasteiger partial charge in [-0.15, -0.1) is 10.2 Å². The molecule has 3 aromatic rings. The number of aliphatic hydroxyl groups excluding tert-OH is 1.